The van der Waals surface area contributed by atoms with E-state index in [1.54, 1.807) is 0 Å². The standard InChI is InChI=1S/C17H25N3O/c18-16(20-7-2-1-3-7)19-6-17(21)14-9-5-10-12-8(9)4-11(14)13(12)15(10)17/h7-15,21H,1-6H2,(H3,18,19,20). The molecule has 6 aliphatic carbocycles. The highest BCUT2D eigenvalue weighted by Crippen LogP contribution is 2.85. The van der Waals surface area contributed by atoms with E-state index in [-0.39, 0.29) is 0 Å². The van der Waals surface area contributed by atoms with Crippen molar-refractivity contribution in [3.63, 3.8) is 0 Å². The van der Waals surface area contributed by atoms with E-state index in [1.807, 2.05) is 0 Å². The van der Waals surface area contributed by atoms with Crippen molar-refractivity contribution in [1.82, 2.24) is 5.32 Å². The lowest BCUT2D eigenvalue weighted by molar-refractivity contribution is -0.123. The fourth-order valence-corrected chi connectivity index (χ4v) is 7.95. The average Bonchev–Trinajstić information content (AvgIpc) is 2.90. The zero-order valence-electron chi connectivity index (χ0n) is 12.4. The molecule has 0 radical (unpaired) electrons. The van der Waals surface area contributed by atoms with Crippen LogP contribution in [0.15, 0.2) is 4.99 Å². The molecule has 2 bridgehead atoms. The third-order valence-corrected chi connectivity index (χ3v) is 8.48. The Labute approximate surface area is 125 Å². The van der Waals surface area contributed by atoms with Gasteiger partial charge in [-0.2, -0.15) is 0 Å². The van der Waals surface area contributed by atoms with E-state index < -0.39 is 5.60 Å². The van der Waals surface area contributed by atoms with Crippen LogP contribution in [-0.2, 0) is 0 Å². The summed E-state index contributed by atoms with van der Waals surface area (Å²) in [7, 11) is 0. The van der Waals surface area contributed by atoms with Crippen molar-refractivity contribution in [2.75, 3.05) is 6.54 Å². The van der Waals surface area contributed by atoms with E-state index in [0.717, 1.165) is 35.5 Å². The summed E-state index contributed by atoms with van der Waals surface area (Å²) in [4.78, 5) is 4.58. The van der Waals surface area contributed by atoms with Gasteiger partial charge in [0, 0.05) is 6.04 Å². The second-order valence-electron chi connectivity index (χ2n) is 8.80. The fraction of sp³-hybridized carbons (Fsp3) is 0.941. The Kier molecular flexibility index (Phi) is 1.91. The van der Waals surface area contributed by atoms with Crippen LogP contribution in [0.2, 0.25) is 0 Å². The molecular formula is C17H25N3O. The van der Waals surface area contributed by atoms with Gasteiger partial charge in [0.05, 0.1) is 12.1 Å². The Morgan fingerprint density at radius 3 is 2.62 bits per heavy atom. The SMILES string of the molecule is NC(=NCC1(O)C2C3CC4C5C3CC2C5C41)NC1CCC1. The maximum Gasteiger partial charge on any atom is 0.188 e. The Hall–Kier alpha value is -0.770. The molecule has 0 aromatic carbocycles. The van der Waals surface area contributed by atoms with E-state index in [1.165, 1.54) is 32.1 Å². The van der Waals surface area contributed by atoms with E-state index in [4.69, 9.17) is 5.73 Å². The first-order valence-electron chi connectivity index (χ1n) is 8.97. The van der Waals surface area contributed by atoms with Gasteiger partial charge in [-0.25, -0.2) is 0 Å². The van der Waals surface area contributed by atoms with Gasteiger partial charge in [0.2, 0.25) is 0 Å². The normalized spacial score (nSPS) is 62.2. The molecule has 0 heterocycles. The predicted octanol–water partition coefficient (Wildman–Crippen LogP) is 0.952. The summed E-state index contributed by atoms with van der Waals surface area (Å²) >= 11 is 0. The molecule has 4 nitrogen and oxygen atoms in total. The zero-order chi connectivity index (χ0) is 13.9. The maximum atomic E-state index is 11.4. The molecule has 6 aliphatic rings. The quantitative estimate of drug-likeness (QED) is 0.535. The average molecular weight is 287 g/mol. The lowest BCUT2D eigenvalue weighted by atomic mass is 9.56. The third-order valence-electron chi connectivity index (χ3n) is 8.48. The summed E-state index contributed by atoms with van der Waals surface area (Å²) in [6, 6.07) is 0.528. The van der Waals surface area contributed by atoms with Crippen molar-refractivity contribution in [3.8, 4) is 0 Å². The molecule has 4 heteroatoms. The number of rotatable bonds is 3. The van der Waals surface area contributed by atoms with Crippen LogP contribution in [-0.4, -0.2) is 29.3 Å². The minimum absolute atomic E-state index is 0.517. The van der Waals surface area contributed by atoms with E-state index in [2.05, 4.69) is 10.3 Å². The molecule has 21 heavy (non-hydrogen) atoms. The molecule has 0 spiro atoms. The van der Waals surface area contributed by atoms with Crippen molar-refractivity contribution < 1.29 is 5.11 Å². The topological polar surface area (TPSA) is 70.6 Å². The molecular weight excluding hydrogens is 262 g/mol. The van der Waals surface area contributed by atoms with Crippen molar-refractivity contribution in [2.45, 2.75) is 43.7 Å². The van der Waals surface area contributed by atoms with Gasteiger partial charge >= 0.3 is 0 Å². The van der Waals surface area contributed by atoms with Gasteiger partial charge in [0.25, 0.3) is 0 Å². The highest BCUT2D eigenvalue weighted by molar-refractivity contribution is 5.78. The van der Waals surface area contributed by atoms with Gasteiger partial charge in [-0.15, -0.1) is 0 Å². The lowest BCUT2D eigenvalue weighted by Gasteiger charge is -2.51. The van der Waals surface area contributed by atoms with Crippen LogP contribution in [0.1, 0.15) is 32.1 Å². The Morgan fingerprint density at radius 2 is 1.86 bits per heavy atom. The van der Waals surface area contributed by atoms with Crippen LogP contribution < -0.4 is 11.1 Å². The molecule has 4 N–H and O–H groups in total. The molecule has 9 unspecified atom stereocenters. The molecule has 0 aliphatic heterocycles. The van der Waals surface area contributed by atoms with Gasteiger partial charge in [0.1, 0.15) is 0 Å². The van der Waals surface area contributed by atoms with Crippen LogP contribution in [0.5, 0.6) is 0 Å². The van der Waals surface area contributed by atoms with E-state index in [9.17, 15) is 5.11 Å². The molecule has 6 fully saturated rings. The number of nitrogens with two attached hydrogens (primary N) is 1. The lowest BCUT2D eigenvalue weighted by Crippen LogP contribution is -2.56. The Bertz CT molecular complexity index is 538. The van der Waals surface area contributed by atoms with Gasteiger partial charge < -0.3 is 16.2 Å². The van der Waals surface area contributed by atoms with Crippen LogP contribution in [0.3, 0.4) is 0 Å². The number of guanidine groups is 1. The second-order valence-corrected chi connectivity index (χ2v) is 8.80. The minimum atomic E-state index is -0.517. The molecule has 0 saturated heterocycles. The summed E-state index contributed by atoms with van der Waals surface area (Å²) in [5, 5.41) is 14.7. The van der Waals surface area contributed by atoms with Crippen LogP contribution in [0, 0.1) is 47.3 Å². The van der Waals surface area contributed by atoms with E-state index in [0.29, 0.717) is 30.4 Å². The minimum Gasteiger partial charge on any atom is -0.387 e. The third kappa shape index (κ3) is 1.13. The predicted molar refractivity (Wildman–Crippen MR) is 79.4 cm³/mol. The number of aliphatic hydroxyl groups is 1. The molecule has 9 atom stereocenters. The smallest absolute Gasteiger partial charge is 0.188 e. The summed E-state index contributed by atoms with van der Waals surface area (Å²) < 4.78 is 0. The van der Waals surface area contributed by atoms with Gasteiger partial charge in [-0.1, -0.05) is 0 Å². The highest BCUT2D eigenvalue weighted by Gasteiger charge is 2.84. The summed E-state index contributed by atoms with van der Waals surface area (Å²) in [6.45, 7) is 0.549. The maximum absolute atomic E-state index is 11.4. The monoisotopic (exact) mass is 287 g/mol. The van der Waals surface area contributed by atoms with Crippen LogP contribution in [0.4, 0.5) is 0 Å². The van der Waals surface area contributed by atoms with Crippen molar-refractivity contribution in [2.24, 2.45) is 58.1 Å². The fourth-order valence-electron chi connectivity index (χ4n) is 7.95. The van der Waals surface area contributed by atoms with Crippen molar-refractivity contribution in [1.29, 1.82) is 0 Å². The molecule has 0 aromatic heterocycles. The van der Waals surface area contributed by atoms with Gasteiger partial charge in [-0.3, -0.25) is 4.99 Å². The van der Waals surface area contributed by atoms with Gasteiger partial charge in [-0.05, 0) is 79.4 Å². The first-order valence-corrected chi connectivity index (χ1v) is 8.97. The summed E-state index contributed by atoms with van der Waals surface area (Å²) in [5.74, 6) is 6.95. The largest absolute Gasteiger partial charge is 0.387 e. The highest BCUT2D eigenvalue weighted by atomic mass is 16.3. The number of hydrogen-bond donors (Lipinski definition) is 3. The molecule has 6 saturated carbocycles. The van der Waals surface area contributed by atoms with Crippen LogP contribution in [0.25, 0.3) is 0 Å². The summed E-state index contributed by atoms with van der Waals surface area (Å²) in [5.41, 5.74) is 5.52. The number of nitrogens with one attached hydrogen (secondary N) is 1. The first-order chi connectivity index (χ1) is 10.2. The number of hydrogen-bond acceptors (Lipinski definition) is 2. The molecule has 114 valence electrons. The van der Waals surface area contributed by atoms with E-state index >= 15 is 0 Å². The zero-order valence-corrected chi connectivity index (χ0v) is 12.4. The second kappa shape index (κ2) is 3.42. The van der Waals surface area contributed by atoms with Gasteiger partial charge in [0.15, 0.2) is 5.96 Å². The number of fused-ring (bicyclic) bond motifs is 2. The molecule has 6 rings (SSSR count). The Morgan fingerprint density at radius 1 is 1.10 bits per heavy atom. The molecule has 0 amide bonds. The summed E-state index contributed by atoms with van der Waals surface area (Å²) in [6.07, 6.45) is 6.56. The Balaban J connectivity index is 1.26. The van der Waals surface area contributed by atoms with Crippen molar-refractivity contribution >= 4 is 5.96 Å². The molecule has 0 aromatic rings. The van der Waals surface area contributed by atoms with Crippen molar-refractivity contribution in [3.05, 3.63) is 0 Å². The number of aliphatic imine (C=N–C) groups is 1. The number of nitrogens with zero attached hydrogens (tertiary/aromatic N) is 1. The van der Waals surface area contributed by atoms with Crippen LogP contribution >= 0.6 is 0 Å². The first kappa shape index (κ1) is 11.8.